The zero-order chi connectivity index (χ0) is 19.0. The minimum absolute atomic E-state index is 0.198. The van der Waals surface area contributed by atoms with Gasteiger partial charge in [0.05, 0.1) is 5.56 Å². The molecule has 2 heterocycles. The van der Waals surface area contributed by atoms with Crippen LogP contribution in [0.25, 0.3) is 0 Å². The van der Waals surface area contributed by atoms with Crippen molar-refractivity contribution in [2.24, 2.45) is 0 Å². The van der Waals surface area contributed by atoms with Crippen LogP contribution in [0.5, 0.6) is 0 Å². The molecule has 2 aliphatic rings. The molecule has 4 rings (SSSR count). The third kappa shape index (κ3) is 3.28. The molecule has 1 fully saturated rings. The van der Waals surface area contributed by atoms with Crippen molar-refractivity contribution >= 4 is 29.4 Å². The molecule has 1 N–H and O–H groups in total. The van der Waals surface area contributed by atoms with Crippen molar-refractivity contribution in [3.8, 4) is 0 Å². The van der Waals surface area contributed by atoms with Crippen molar-refractivity contribution in [3.05, 3.63) is 70.2 Å². The van der Waals surface area contributed by atoms with Crippen molar-refractivity contribution in [1.82, 2.24) is 10.2 Å². The lowest BCUT2D eigenvalue weighted by Gasteiger charge is -2.29. The van der Waals surface area contributed by atoms with E-state index in [1.165, 1.54) is 4.90 Å². The maximum absolute atomic E-state index is 12.7. The van der Waals surface area contributed by atoms with Gasteiger partial charge >= 0.3 is 5.97 Å². The first-order chi connectivity index (χ1) is 13.0. The molecule has 0 radical (unpaired) electrons. The van der Waals surface area contributed by atoms with Crippen molar-refractivity contribution < 1.29 is 19.1 Å². The van der Waals surface area contributed by atoms with Crippen LogP contribution < -0.4 is 5.32 Å². The Labute approximate surface area is 161 Å². The van der Waals surface area contributed by atoms with Gasteiger partial charge in [0.1, 0.15) is 6.04 Å². The van der Waals surface area contributed by atoms with E-state index in [0.29, 0.717) is 29.1 Å². The zero-order valence-electron chi connectivity index (χ0n) is 14.4. The Kier molecular flexibility index (Phi) is 4.58. The third-order valence-electron chi connectivity index (χ3n) is 4.86. The molecule has 0 saturated carbocycles. The fourth-order valence-corrected chi connectivity index (χ4v) is 3.62. The average molecular weight is 385 g/mol. The summed E-state index contributed by atoms with van der Waals surface area (Å²) in [6.45, 7) is 0.329. The van der Waals surface area contributed by atoms with E-state index < -0.39 is 18.2 Å². The summed E-state index contributed by atoms with van der Waals surface area (Å²) < 4.78 is 5.41. The van der Waals surface area contributed by atoms with E-state index in [9.17, 15) is 14.4 Å². The number of nitrogens with zero attached hydrogens (tertiary/aromatic N) is 1. The highest BCUT2D eigenvalue weighted by atomic mass is 35.5. The lowest BCUT2D eigenvalue weighted by Crippen LogP contribution is -2.46. The summed E-state index contributed by atoms with van der Waals surface area (Å²) >= 11 is 5.87. The van der Waals surface area contributed by atoms with Gasteiger partial charge in [-0.1, -0.05) is 41.9 Å². The molecule has 6 nitrogen and oxygen atoms in total. The number of carbonyl (C=O) groups is 3. The topological polar surface area (TPSA) is 75.7 Å². The number of halogens is 1. The van der Waals surface area contributed by atoms with Crippen LogP contribution in [0.15, 0.2) is 48.5 Å². The van der Waals surface area contributed by atoms with Crippen LogP contribution in [-0.2, 0) is 20.9 Å². The summed E-state index contributed by atoms with van der Waals surface area (Å²) in [5, 5.41) is 3.48. The van der Waals surface area contributed by atoms with Gasteiger partial charge < -0.3 is 10.1 Å². The number of fused-ring (bicyclic) bond motifs is 1. The number of rotatable bonds is 4. The normalized spacial score (nSPS) is 21.1. The van der Waals surface area contributed by atoms with Crippen molar-refractivity contribution in [1.29, 1.82) is 0 Å². The molecule has 0 aromatic heterocycles. The molecular formula is C20H17ClN2O4. The lowest BCUT2D eigenvalue weighted by molar-refractivity contribution is -0.145. The van der Waals surface area contributed by atoms with E-state index in [-0.39, 0.29) is 18.2 Å². The number of carbonyl (C=O) groups excluding carboxylic acids is 3. The van der Waals surface area contributed by atoms with Crippen LogP contribution in [0.2, 0.25) is 5.02 Å². The quantitative estimate of drug-likeness (QED) is 0.822. The predicted molar refractivity (Wildman–Crippen MR) is 97.8 cm³/mol. The molecule has 2 aromatic rings. The maximum atomic E-state index is 12.7. The molecule has 2 aliphatic heterocycles. The Bertz CT molecular complexity index is 912. The SMILES string of the molecule is O=C1O[C@@H](N2C(=O)CC[C@H]2C(=O)NCc2ccc(Cl)cc2)c2ccccc21. The van der Waals surface area contributed by atoms with Gasteiger partial charge in [0.25, 0.3) is 0 Å². The number of likely N-dealkylation sites (tertiary alicyclic amines) is 1. The maximum Gasteiger partial charge on any atom is 0.340 e. The van der Waals surface area contributed by atoms with Gasteiger partial charge in [0.2, 0.25) is 18.0 Å². The number of benzene rings is 2. The van der Waals surface area contributed by atoms with Crippen molar-refractivity contribution in [2.45, 2.75) is 31.7 Å². The summed E-state index contributed by atoms with van der Waals surface area (Å²) in [4.78, 5) is 38.6. The molecule has 0 bridgehead atoms. The zero-order valence-corrected chi connectivity index (χ0v) is 15.1. The first-order valence-electron chi connectivity index (χ1n) is 8.68. The average Bonchev–Trinajstić information content (AvgIpc) is 3.21. The van der Waals surface area contributed by atoms with Crippen LogP contribution in [-0.4, -0.2) is 28.7 Å². The number of hydrogen-bond acceptors (Lipinski definition) is 4. The smallest absolute Gasteiger partial charge is 0.340 e. The Hall–Kier alpha value is -2.86. The second kappa shape index (κ2) is 7.04. The Morgan fingerprint density at radius 1 is 1.15 bits per heavy atom. The minimum Gasteiger partial charge on any atom is -0.433 e. The number of esters is 1. The van der Waals surface area contributed by atoms with E-state index in [1.807, 2.05) is 12.1 Å². The molecule has 7 heteroatoms. The fourth-order valence-electron chi connectivity index (χ4n) is 3.50. The summed E-state index contributed by atoms with van der Waals surface area (Å²) in [7, 11) is 0. The standard InChI is InChI=1S/C20H17ClN2O4/c21-13-7-5-12(6-8-13)11-22-18(25)16-9-10-17(24)23(16)19-14-3-1-2-4-15(14)20(26)27-19/h1-8,16,19H,9-11H2,(H,22,25)/t16-,19+/m0/s1. The number of ether oxygens (including phenoxy) is 1. The van der Waals surface area contributed by atoms with Gasteiger partial charge in [-0.05, 0) is 30.2 Å². The summed E-state index contributed by atoms with van der Waals surface area (Å²) in [6.07, 6.45) is -0.216. The lowest BCUT2D eigenvalue weighted by atomic mass is 10.1. The van der Waals surface area contributed by atoms with Gasteiger partial charge in [-0.25, -0.2) is 4.79 Å². The molecule has 0 aliphatic carbocycles. The molecule has 2 amide bonds. The second-order valence-corrected chi connectivity index (χ2v) is 6.98. The third-order valence-corrected chi connectivity index (χ3v) is 5.11. The van der Waals surface area contributed by atoms with Gasteiger partial charge in [-0.3, -0.25) is 14.5 Å². The number of cyclic esters (lactones) is 1. The van der Waals surface area contributed by atoms with Crippen LogP contribution in [0.1, 0.15) is 40.6 Å². The minimum atomic E-state index is -0.852. The highest BCUT2D eigenvalue weighted by Crippen LogP contribution is 2.38. The molecule has 0 spiro atoms. The van der Waals surface area contributed by atoms with Gasteiger partial charge in [-0.15, -0.1) is 0 Å². The monoisotopic (exact) mass is 384 g/mol. The Morgan fingerprint density at radius 2 is 1.89 bits per heavy atom. The predicted octanol–water partition coefficient (Wildman–Crippen LogP) is 2.82. The molecular weight excluding hydrogens is 368 g/mol. The molecule has 2 atom stereocenters. The molecule has 27 heavy (non-hydrogen) atoms. The Morgan fingerprint density at radius 3 is 2.67 bits per heavy atom. The number of hydrogen-bond donors (Lipinski definition) is 1. The summed E-state index contributed by atoms with van der Waals surface area (Å²) in [6, 6.07) is 13.4. The second-order valence-electron chi connectivity index (χ2n) is 6.54. The van der Waals surface area contributed by atoms with Crippen LogP contribution in [0.3, 0.4) is 0 Å². The van der Waals surface area contributed by atoms with E-state index in [1.54, 1.807) is 36.4 Å². The molecule has 2 aromatic carbocycles. The number of amides is 2. The van der Waals surface area contributed by atoms with E-state index in [0.717, 1.165) is 5.56 Å². The first-order valence-corrected chi connectivity index (χ1v) is 9.05. The largest absolute Gasteiger partial charge is 0.433 e. The summed E-state index contributed by atoms with van der Waals surface area (Å²) in [5.74, 6) is -0.942. The molecule has 138 valence electrons. The Balaban J connectivity index is 1.51. The van der Waals surface area contributed by atoms with Crippen LogP contribution in [0.4, 0.5) is 0 Å². The van der Waals surface area contributed by atoms with Crippen LogP contribution >= 0.6 is 11.6 Å². The van der Waals surface area contributed by atoms with Crippen molar-refractivity contribution in [3.63, 3.8) is 0 Å². The number of nitrogens with one attached hydrogen (secondary N) is 1. The molecule has 1 saturated heterocycles. The van der Waals surface area contributed by atoms with Gasteiger partial charge in [0.15, 0.2) is 0 Å². The highest BCUT2D eigenvalue weighted by molar-refractivity contribution is 6.30. The van der Waals surface area contributed by atoms with Gasteiger partial charge in [-0.2, -0.15) is 0 Å². The van der Waals surface area contributed by atoms with E-state index in [4.69, 9.17) is 16.3 Å². The summed E-state index contributed by atoms with van der Waals surface area (Å²) in [5.41, 5.74) is 1.96. The highest BCUT2D eigenvalue weighted by Gasteiger charge is 2.46. The first kappa shape index (κ1) is 17.5. The van der Waals surface area contributed by atoms with E-state index >= 15 is 0 Å². The van der Waals surface area contributed by atoms with Gasteiger partial charge in [0, 0.05) is 23.6 Å². The van der Waals surface area contributed by atoms with Crippen molar-refractivity contribution in [2.75, 3.05) is 0 Å². The fraction of sp³-hybridized carbons (Fsp3) is 0.250. The van der Waals surface area contributed by atoms with E-state index in [2.05, 4.69) is 5.32 Å². The van der Waals surface area contributed by atoms with Crippen LogP contribution in [0, 0.1) is 0 Å². The molecule has 0 unspecified atom stereocenters.